The highest BCUT2D eigenvalue weighted by Crippen LogP contribution is 2.21. The largest absolute Gasteiger partial charge is 0.323 e. The van der Waals surface area contributed by atoms with Crippen LogP contribution in [0.25, 0.3) is 10.9 Å². The quantitative estimate of drug-likeness (QED) is 0.746. The van der Waals surface area contributed by atoms with E-state index in [0.29, 0.717) is 17.3 Å². The van der Waals surface area contributed by atoms with Gasteiger partial charge in [-0.15, -0.1) is 0 Å². The molecule has 3 aromatic rings. The first-order valence-electron chi connectivity index (χ1n) is 6.50. The van der Waals surface area contributed by atoms with E-state index >= 15 is 0 Å². The number of carbonyl (C=O) groups is 1. The lowest BCUT2D eigenvalue weighted by Crippen LogP contribution is -2.20. The number of rotatable bonds is 2. The van der Waals surface area contributed by atoms with E-state index in [4.69, 9.17) is 0 Å². The molecule has 0 saturated heterocycles. The summed E-state index contributed by atoms with van der Waals surface area (Å²) in [4.78, 5) is 16.2. The zero-order chi connectivity index (χ0) is 15.5. The van der Waals surface area contributed by atoms with Crippen LogP contribution in [0, 0.1) is 11.6 Å². The van der Waals surface area contributed by atoms with Gasteiger partial charge >= 0.3 is 6.03 Å². The van der Waals surface area contributed by atoms with E-state index in [9.17, 15) is 13.6 Å². The lowest BCUT2D eigenvalue weighted by atomic mass is 10.2. The number of fused-ring (bicyclic) bond motifs is 1. The third kappa shape index (κ3) is 2.85. The van der Waals surface area contributed by atoms with Crippen LogP contribution in [0.4, 0.5) is 25.0 Å². The van der Waals surface area contributed by atoms with Crippen molar-refractivity contribution in [2.45, 2.75) is 0 Å². The van der Waals surface area contributed by atoms with Crippen molar-refractivity contribution in [2.75, 3.05) is 10.6 Å². The fraction of sp³-hybridized carbons (Fsp3) is 0. The number of pyridine rings is 1. The van der Waals surface area contributed by atoms with Gasteiger partial charge in [0.05, 0.1) is 16.9 Å². The van der Waals surface area contributed by atoms with Crippen molar-refractivity contribution in [2.24, 2.45) is 0 Å². The minimum atomic E-state index is -0.841. The summed E-state index contributed by atoms with van der Waals surface area (Å²) in [6, 6.07) is 11.3. The topological polar surface area (TPSA) is 54.0 Å². The second-order valence-electron chi connectivity index (χ2n) is 4.58. The maximum atomic E-state index is 13.5. The summed E-state index contributed by atoms with van der Waals surface area (Å²) >= 11 is 0. The summed E-state index contributed by atoms with van der Waals surface area (Å²) in [5.74, 6) is -1.55. The van der Waals surface area contributed by atoms with E-state index in [1.807, 2.05) is 12.1 Å². The van der Waals surface area contributed by atoms with Gasteiger partial charge in [0.25, 0.3) is 0 Å². The smallest absolute Gasteiger partial charge is 0.306 e. The molecule has 4 nitrogen and oxygen atoms in total. The molecule has 1 heterocycles. The van der Waals surface area contributed by atoms with Crippen molar-refractivity contribution < 1.29 is 13.6 Å². The number of benzene rings is 2. The van der Waals surface area contributed by atoms with Crippen molar-refractivity contribution in [1.82, 2.24) is 4.98 Å². The molecule has 0 spiro atoms. The first kappa shape index (κ1) is 13.9. The van der Waals surface area contributed by atoms with Crippen LogP contribution in [0.5, 0.6) is 0 Å². The minimum Gasteiger partial charge on any atom is -0.306 e. The van der Waals surface area contributed by atoms with Crippen LogP contribution in [0.3, 0.4) is 0 Å². The van der Waals surface area contributed by atoms with Gasteiger partial charge in [0.2, 0.25) is 0 Å². The standard InChI is InChI=1S/C16H11F2N3O/c17-11-6-7-13(12(18)9-11)20-16(22)21-14-5-1-3-10-4-2-8-19-15(10)14/h1-9H,(H2,20,21,22). The number of amides is 2. The fourth-order valence-corrected chi connectivity index (χ4v) is 2.07. The second kappa shape index (κ2) is 5.77. The van der Waals surface area contributed by atoms with E-state index in [2.05, 4.69) is 15.6 Å². The fourth-order valence-electron chi connectivity index (χ4n) is 2.07. The molecule has 0 saturated carbocycles. The molecular weight excluding hydrogens is 288 g/mol. The van der Waals surface area contributed by atoms with Crippen LogP contribution in [-0.4, -0.2) is 11.0 Å². The van der Waals surface area contributed by atoms with Gasteiger partial charge in [0, 0.05) is 17.6 Å². The Morgan fingerprint density at radius 1 is 0.955 bits per heavy atom. The minimum absolute atomic E-state index is 0.105. The average Bonchev–Trinajstić information content (AvgIpc) is 2.50. The summed E-state index contributed by atoms with van der Waals surface area (Å²) in [7, 11) is 0. The number of nitrogens with zero attached hydrogens (tertiary/aromatic N) is 1. The van der Waals surface area contributed by atoms with Crippen LogP contribution in [0.15, 0.2) is 54.7 Å². The van der Waals surface area contributed by atoms with Gasteiger partial charge in [-0.3, -0.25) is 4.98 Å². The molecule has 0 fully saturated rings. The Bertz CT molecular complexity index is 846. The van der Waals surface area contributed by atoms with Crippen molar-refractivity contribution in [3.63, 3.8) is 0 Å². The number of nitrogens with one attached hydrogen (secondary N) is 2. The van der Waals surface area contributed by atoms with E-state index < -0.39 is 17.7 Å². The van der Waals surface area contributed by atoms with Gasteiger partial charge < -0.3 is 10.6 Å². The van der Waals surface area contributed by atoms with Gasteiger partial charge in [-0.05, 0) is 24.3 Å². The van der Waals surface area contributed by atoms with Crippen molar-refractivity contribution >= 4 is 28.3 Å². The Morgan fingerprint density at radius 3 is 2.55 bits per heavy atom. The first-order chi connectivity index (χ1) is 10.6. The van der Waals surface area contributed by atoms with Crippen molar-refractivity contribution in [1.29, 1.82) is 0 Å². The Kier molecular flexibility index (Phi) is 3.65. The van der Waals surface area contributed by atoms with Crippen LogP contribution in [0.1, 0.15) is 0 Å². The third-order valence-corrected chi connectivity index (χ3v) is 3.06. The predicted octanol–water partition coefficient (Wildman–Crippen LogP) is 4.16. The molecule has 0 bridgehead atoms. The number of anilines is 2. The highest BCUT2D eigenvalue weighted by molar-refractivity contribution is 6.05. The first-order valence-corrected chi connectivity index (χ1v) is 6.50. The molecule has 22 heavy (non-hydrogen) atoms. The molecule has 2 amide bonds. The highest BCUT2D eigenvalue weighted by Gasteiger charge is 2.10. The number of hydrogen-bond donors (Lipinski definition) is 2. The summed E-state index contributed by atoms with van der Waals surface area (Å²) < 4.78 is 26.3. The monoisotopic (exact) mass is 299 g/mol. The normalized spacial score (nSPS) is 10.5. The molecule has 110 valence electrons. The van der Waals surface area contributed by atoms with Crippen LogP contribution < -0.4 is 10.6 Å². The van der Waals surface area contributed by atoms with E-state index in [1.54, 1.807) is 24.4 Å². The molecule has 3 rings (SSSR count). The molecule has 0 unspecified atom stereocenters. The number of carbonyl (C=O) groups excluding carboxylic acids is 1. The molecule has 2 aromatic carbocycles. The highest BCUT2D eigenvalue weighted by atomic mass is 19.1. The summed E-state index contributed by atoms with van der Waals surface area (Å²) in [5.41, 5.74) is 1.02. The lowest BCUT2D eigenvalue weighted by Gasteiger charge is -2.10. The Labute approximate surface area is 124 Å². The van der Waals surface area contributed by atoms with E-state index in [-0.39, 0.29) is 5.69 Å². The number of hydrogen-bond acceptors (Lipinski definition) is 2. The molecule has 2 N–H and O–H groups in total. The van der Waals surface area contributed by atoms with Gasteiger partial charge in [0.15, 0.2) is 0 Å². The van der Waals surface area contributed by atoms with Gasteiger partial charge in [-0.2, -0.15) is 0 Å². The Balaban J connectivity index is 1.81. The number of para-hydroxylation sites is 1. The van der Waals surface area contributed by atoms with E-state index in [1.165, 1.54) is 0 Å². The van der Waals surface area contributed by atoms with Crippen LogP contribution in [-0.2, 0) is 0 Å². The summed E-state index contributed by atoms with van der Waals surface area (Å²) in [6.07, 6.45) is 1.62. The molecular formula is C16H11F2N3O. The maximum absolute atomic E-state index is 13.5. The summed E-state index contributed by atoms with van der Waals surface area (Å²) in [5, 5.41) is 5.80. The molecule has 0 aliphatic rings. The van der Waals surface area contributed by atoms with Gasteiger partial charge in [-0.25, -0.2) is 13.6 Å². The lowest BCUT2D eigenvalue weighted by molar-refractivity contribution is 0.262. The molecule has 1 aromatic heterocycles. The Morgan fingerprint density at radius 2 is 1.73 bits per heavy atom. The third-order valence-electron chi connectivity index (χ3n) is 3.06. The van der Waals surface area contributed by atoms with Gasteiger partial charge in [-0.1, -0.05) is 18.2 Å². The van der Waals surface area contributed by atoms with Crippen molar-refractivity contribution in [3.05, 3.63) is 66.4 Å². The Hall–Kier alpha value is -3.02. The zero-order valence-electron chi connectivity index (χ0n) is 11.3. The van der Waals surface area contributed by atoms with Crippen LogP contribution >= 0.6 is 0 Å². The average molecular weight is 299 g/mol. The van der Waals surface area contributed by atoms with Crippen molar-refractivity contribution in [3.8, 4) is 0 Å². The van der Waals surface area contributed by atoms with Crippen LogP contribution in [0.2, 0.25) is 0 Å². The maximum Gasteiger partial charge on any atom is 0.323 e. The molecule has 6 heteroatoms. The van der Waals surface area contributed by atoms with Gasteiger partial charge in [0.1, 0.15) is 11.6 Å². The SMILES string of the molecule is O=C(Nc1ccc(F)cc1F)Nc1cccc2cccnc12. The number of halogens is 2. The molecule has 0 aliphatic heterocycles. The molecule has 0 aliphatic carbocycles. The number of urea groups is 1. The summed E-state index contributed by atoms with van der Waals surface area (Å²) in [6.45, 7) is 0. The second-order valence-corrected chi connectivity index (χ2v) is 4.58. The number of aromatic nitrogens is 1. The molecule has 0 radical (unpaired) electrons. The molecule has 0 atom stereocenters. The van der Waals surface area contributed by atoms with E-state index in [0.717, 1.165) is 17.5 Å². The zero-order valence-corrected chi connectivity index (χ0v) is 11.3. The predicted molar refractivity (Wildman–Crippen MR) is 80.7 cm³/mol.